The maximum Gasteiger partial charge on any atom is 0.360 e. The van der Waals surface area contributed by atoms with E-state index in [0.717, 1.165) is 31.4 Å². The van der Waals surface area contributed by atoms with Gasteiger partial charge in [0.25, 0.3) is 0 Å². The summed E-state index contributed by atoms with van der Waals surface area (Å²) in [4.78, 5) is 12.1. The number of hydrogen-bond donors (Lipinski definition) is 1. The van der Waals surface area contributed by atoms with Crippen molar-refractivity contribution in [2.75, 3.05) is 6.61 Å². The number of aromatic nitrogens is 3. The minimum atomic E-state index is -0.445. The number of aliphatic hydroxyl groups is 1. The molecule has 0 aliphatic heterocycles. The normalized spacial score (nSPS) is 23.1. The second kappa shape index (κ2) is 6.13. The van der Waals surface area contributed by atoms with Gasteiger partial charge < -0.3 is 9.84 Å². The number of carbonyl (C=O) groups is 1. The fourth-order valence-electron chi connectivity index (χ4n) is 2.94. The molecule has 2 unspecified atom stereocenters. The molecule has 2 atom stereocenters. The summed E-state index contributed by atoms with van der Waals surface area (Å²) in [6, 6.07) is -0.108. The molecule has 0 bridgehead atoms. The lowest BCUT2D eigenvalue weighted by Gasteiger charge is -2.31. The van der Waals surface area contributed by atoms with E-state index in [2.05, 4.69) is 10.3 Å². The summed E-state index contributed by atoms with van der Waals surface area (Å²) < 4.78 is 6.82. The molecule has 2 rings (SSSR count). The molecule has 1 N–H and O–H groups in total. The fourth-order valence-corrected chi connectivity index (χ4v) is 2.94. The molecular weight excluding hydrogens is 270 g/mol. The van der Waals surface area contributed by atoms with Crippen LogP contribution in [0.15, 0.2) is 0 Å². The molecule has 0 radical (unpaired) electrons. The summed E-state index contributed by atoms with van der Waals surface area (Å²) in [6.45, 7) is 8.12. The summed E-state index contributed by atoms with van der Waals surface area (Å²) >= 11 is 0. The number of carbonyl (C=O) groups excluding carboxylic acids is 1. The standard InChI is InChI=1S/C15H25N3O3/c1-5-21-14(20)12-13(15(2,3)4)18(17-16-12)10-8-6-7-9-11(10)19/h10-11,19H,5-9H2,1-4H3. The Bertz CT molecular complexity index is 505. The Hall–Kier alpha value is -1.43. The van der Waals surface area contributed by atoms with Gasteiger partial charge in [0, 0.05) is 5.41 Å². The third-order valence-electron chi connectivity index (χ3n) is 3.88. The largest absolute Gasteiger partial charge is 0.461 e. The number of esters is 1. The summed E-state index contributed by atoms with van der Waals surface area (Å²) in [5.74, 6) is -0.445. The van der Waals surface area contributed by atoms with Crippen molar-refractivity contribution in [1.82, 2.24) is 15.0 Å². The first-order valence-electron chi connectivity index (χ1n) is 7.67. The Kier molecular flexibility index (Phi) is 4.66. The predicted molar refractivity (Wildman–Crippen MR) is 78.2 cm³/mol. The number of rotatable bonds is 3. The second-order valence-electron chi connectivity index (χ2n) is 6.62. The van der Waals surface area contributed by atoms with Crippen LogP contribution in [0.4, 0.5) is 0 Å². The zero-order valence-electron chi connectivity index (χ0n) is 13.3. The van der Waals surface area contributed by atoms with Crippen molar-refractivity contribution >= 4 is 5.97 Å². The quantitative estimate of drug-likeness (QED) is 0.865. The zero-order valence-corrected chi connectivity index (χ0v) is 13.3. The molecule has 1 saturated carbocycles. The van der Waals surface area contributed by atoms with Crippen LogP contribution in [0.5, 0.6) is 0 Å². The van der Waals surface area contributed by atoms with Gasteiger partial charge in [0.05, 0.1) is 24.4 Å². The first kappa shape index (κ1) is 15.9. The molecule has 1 aliphatic carbocycles. The topological polar surface area (TPSA) is 77.2 Å². The van der Waals surface area contributed by atoms with Gasteiger partial charge in [0.15, 0.2) is 5.69 Å². The van der Waals surface area contributed by atoms with E-state index in [-0.39, 0.29) is 17.2 Å². The van der Waals surface area contributed by atoms with Gasteiger partial charge in [-0.1, -0.05) is 38.8 Å². The van der Waals surface area contributed by atoms with Crippen LogP contribution in [0.2, 0.25) is 0 Å². The fraction of sp³-hybridized carbons (Fsp3) is 0.800. The van der Waals surface area contributed by atoms with Gasteiger partial charge in [-0.2, -0.15) is 0 Å². The van der Waals surface area contributed by atoms with Gasteiger partial charge in [-0.15, -0.1) is 5.10 Å². The first-order valence-corrected chi connectivity index (χ1v) is 7.67. The van der Waals surface area contributed by atoms with Crippen molar-refractivity contribution in [2.24, 2.45) is 0 Å². The smallest absolute Gasteiger partial charge is 0.360 e. The minimum Gasteiger partial charge on any atom is -0.461 e. The predicted octanol–water partition coefficient (Wildman–Crippen LogP) is 2.23. The van der Waals surface area contributed by atoms with Gasteiger partial charge in [-0.25, -0.2) is 9.48 Å². The average molecular weight is 295 g/mol. The van der Waals surface area contributed by atoms with Crippen LogP contribution in [-0.2, 0) is 10.2 Å². The van der Waals surface area contributed by atoms with Crippen LogP contribution in [0.1, 0.15) is 75.6 Å². The van der Waals surface area contributed by atoms with Crippen LogP contribution in [0.3, 0.4) is 0 Å². The van der Waals surface area contributed by atoms with Crippen molar-refractivity contribution in [3.8, 4) is 0 Å². The maximum absolute atomic E-state index is 12.1. The number of aliphatic hydroxyl groups excluding tert-OH is 1. The van der Waals surface area contributed by atoms with Gasteiger partial charge in [0.2, 0.25) is 0 Å². The monoisotopic (exact) mass is 295 g/mol. The highest BCUT2D eigenvalue weighted by atomic mass is 16.5. The van der Waals surface area contributed by atoms with E-state index in [4.69, 9.17) is 4.74 Å². The molecule has 1 heterocycles. The summed E-state index contributed by atoms with van der Waals surface area (Å²) in [5, 5.41) is 18.5. The average Bonchev–Trinajstić information content (AvgIpc) is 2.84. The molecule has 118 valence electrons. The van der Waals surface area contributed by atoms with Gasteiger partial charge in [-0.05, 0) is 19.8 Å². The SMILES string of the molecule is CCOC(=O)c1nnn(C2CCCCC2O)c1C(C)(C)C. The van der Waals surface area contributed by atoms with Crippen molar-refractivity contribution in [1.29, 1.82) is 0 Å². The van der Waals surface area contributed by atoms with Crippen molar-refractivity contribution in [2.45, 2.75) is 70.9 Å². The van der Waals surface area contributed by atoms with E-state index in [1.807, 2.05) is 20.8 Å². The molecule has 1 fully saturated rings. The molecule has 0 amide bonds. The number of hydrogen-bond acceptors (Lipinski definition) is 5. The Labute approximate surface area is 125 Å². The van der Waals surface area contributed by atoms with E-state index >= 15 is 0 Å². The van der Waals surface area contributed by atoms with Crippen LogP contribution < -0.4 is 0 Å². The van der Waals surface area contributed by atoms with Crippen LogP contribution >= 0.6 is 0 Å². The lowest BCUT2D eigenvalue weighted by Crippen LogP contribution is -2.32. The highest BCUT2D eigenvalue weighted by Gasteiger charge is 2.35. The molecule has 0 aromatic carbocycles. The zero-order chi connectivity index (χ0) is 15.6. The molecule has 0 saturated heterocycles. The summed E-state index contributed by atoms with van der Waals surface area (Å²) in [5.41, 5.74) is 0.706. The number of ether oxygens (including phenoxy) is 1. The molecule has 1 aliphatic rings. The Morgan fingerprint density at radius 1 is 1.38 bits per heavy atom. The van der Waals surface area contributed by atoms with Crippen LogP contribution in [0.25, 0.3) is 0 Å². The second-order valence-corrected chi connectivity index (χ2v) is 6.62. The van der Waals surface area contributed by atoms with Crippen molar-refractivity contribution < 1.29 is 14.6 Å². The molecule has 1 aromatic rings. The highest BCUT2D eigenvalue weighted by molar-refractivity contribution is 5.88. The molecule has 6 nitrogen and oxygen atoms in total. The van der Waals surface area contributed by atoms with Crippen molar-refractivity contribution in [3.63, 3.8) is 0 Å². The Balaban J connectivity index is 2.44. The van der Waals surface area contributed by atoms with Gasteiger partial charge >= 0.3 is 5.97 Å². The molecular formula is C15H25N3O3. The highest BCUT2D eigenvalue weighted by Crippen LogP contribution is 2.34. The number of nitrogens with zero attached hydrogens (tertiary/aromatic N) is 3. The maximum atomic E-state index is 12.1. The first-order chi connectivity index (χ1) is 9.86. The molecule has 1 aromatic heterocycles. The minimum absolute atomic E-state index is 0.108. The van der Waals surface area contributed by atoms with E-state index < -0.39 is 12.1 Å². The van der Waals surface area contributed by atoms with Crippen molar-refractivity contribution in [3.05, 3.63) is 11.4 Å². The van der Waals surface area contributed by atoms with E-state index in [9.17, 15) is 9.90 Å². The molecule has 21 heavy (non-hydrogen) atoms. The van der Waals surface area contributed by atoms with E-state index in [0.29, 0.717) is 6.61 Å². The lowest BCUT2D eigenvalue weighted by molar-refractivity contribution is 0.0512. The van der Waals surface area contributed by atoms with Gasteiger partial charge in [0.1, 0.15) is 0 Å². The van der Waals surface area contributed by atoms with Crippen LogP contribution in [0, 0.1) is 0 Å². The Morgan fingerprint density at radius 3 is 2.62 bits per heavy atom. The van der Waals surface area contributed by atoms with Gasteiger partial charge in [-0.3, -0.25) is 0 Å². The lowest BCUT2D eigenvalue weighted by atomic mass is 9.87. The third kappa shape index (κ3) is 3.26. The van der Waals surface area contributed by atoms with E-state index in [1.165, 1.54) is 0 Å². The van der Waals surface area contributed by atoms with Crippen LogP contribution in [-0.4, -0.2) is 38.8 Å². The summed E-state index contributed by atoms with van der Waals surface area (Å²) in [7, 11) is 0. The Morgan fingerprint density at radius 2 is 2.05 bits per heavy atom. The molecule has 6 heteroatoms. The van der Waals surface area contributed by atoms with E-state index in [1.54, 1.807) is 11.6 Å². The molecule has 0 spiro atoms. The summed E-state index contributed by atoms with van der Waals surface area (Å²) in [6.07, 6.45) is 3.28. The third-order valence-corrected chi connectivity index (χ3v) is 3.88.